The van der Waals surface area contributed by atoms with Gasteiger partial charge in [0.1, 0.15) is 6.10 Å². The Hall–Kier alpha value is -0.390. The van der Waals surface area contributed by atoms with Crippen molar-refractivity contribution in [2.75, 3.05) is 0 Å². The molecule has 1 fully saturated rings. The number of halogens is 1. The van der Waals surface area contributed by atoms with Crippen molar-refractivity contribution in [1.29, 1.82) is 0 Å². The monoisotopic (exact) mass is 330 g/mol. The molecule has 1 unspecified atom stereocenters. The van der Waals surface area contributed by atoms with Gasteiger partial charge in [0.05, 0.1) is 22.0 Å². The molecule has 0 aliphatic heterocycles. The van der Waals surface area contributed by atoms with Crippen LogP contribution in [0.3, 0.4) is 0 Å². The zero-order chi connectivity index (χ0) is 14.2. The molecule has 1 aliphatic carbocycles. The van der Waals surface area contributed by atoms with Crippen LogP contribution in [0.15, 0.2) is 10.7 Å². The molecule has 0 aromatic carbocycles. The summed E-state index contributed by atoms with van der Waals surface area (Å²) in [7, 11) is 0. The van der Waals surface area contributed by atoms with Crippen molar-refractivity contribution in [2.24, 2.45) is 5.92 Å². The third kappa shape index (κ3) is 2.88. The molecule has 0 amide bonds. The molecule has 1 aromatic heterocycles. The second-order valence-corrected chi connectivity index (χ2v) is 6.96. The fourth-order valence-corrected chi connectivity index (χ4v) is 3.30. The van der Waals surface area contributed by atoms with E-state index in [1.165, 1.54) is 0 Å². The SMILES string of the molecule is CC1CCC(O)(C(O)c2c(Br)cnn2C(C)C)CC1. The van der Waals surface area contributed by atoms with Gasteiger partial charge in [0, 0.05) is 6.04 Å². The van der Waals surface area contributed by atoms with Crippen LogP contribution in [0.25, 0.3) is 0 Å². The van der Waals surface area contributed by atoms with Gasteiger partial charge in [-0.15, -0.1) is 0 Å². The highest BCUT2D eigenvalue weighted by molar-refractivity contribution is 9.10. The van der Waals surface area contributed by atoms with Gasteiger partial charge in [0.15, 0.2) is 0 Å². The van der Waals surface area contributed by atoms with E-state index in [1.807, 2.05) is 13.8 Å². The van der Waals surface area contributed by atoms with E-state index in [9.17, 15) is 10.2 Å². The van der Waals surface area contributed by atoms with Crippen LogP contribution in [0, 0.1) is 5.92 Å². The van der Waals surface area contributed by atoms with Crippen LogP contribution in [0.5, 0.6) is 0 Å². The number of rotatable bonds is 3. The van der Waals surface area contributed by atoms with E-state index in [1.54, 1.807) is 10.9 Å². The standard InChI is InChI=1S/C14H23BrN2O2/c1-9(2)17-12(11(15)8-16-17)13(18)14(19)6-4-10(3)5-7-14/h8-10,13,18-19H,4-7H2,1-3H3. The largest absolute Gasteiger partial charge is 0.387 e. The Bertz CT molecular complexity index is 437. The van der Waals surface area contributed by atoms with Crippen LogP contribution in [-0.2, 0) is 0 Å². The lowest BCUT2D eigenvalue weighted by Crippen LogP contribution is -2.41. The Morgan fingerprint density at radius 2 is 2.00 bits per heavy atom. The van der Waals surface area contributed by atoms with Gasteiger partial charge in [-0.3, -0.25) is 4.68 Å². The summed E-state index contributed by atoms with van der Waals surface area (Å²) >= 11 is 3.43. The summed E-state index contributed by atoms with van der Waals surface area (Å²) in [6.07, 6.45) is 4.00. The van der Waals surface area contributed by atoms with Gasteiger partial charge in [0.25, 0.3) is 0 Å². The zero-order valence-corrected chi connectivity index (χ0v) is 13.4. The Kier molecular flexibility index (Phi) is 4.38. The minimum Gasteiger partial charge on any atom is -0.387 e. The Morgan fingerprint density at radius 3 is 2.53 bits per heavy atom. The first-order chi connectivity index (χ1) is 8.85. The fourth-order valence-electron chi connectivity index (χ4n) is 2.81. The first-order valence-electron chi connectivity index (χ1n) is 6.98. The third-order valence-corrected chi connectivity index (χ3v) is 4.80. The molecule has 19 heavy (non-hydrogen) atoms. The van der Waals surface area contributed by atoms with E-state index >= 15 is 0 Å². The Morgan fingerprint density at radius 1 is 1.42 bits per heavy atom. The van der Waals surface area contributed by atoms with Gasteiger partial charge in [0.2, 0.25) is 0 Å². The van der Waals surface area contributed by atoms with E-state index < -0.39 is 11.7 Å². The minimum atomic E-state index is -1.03. The molecular formula is C14H23BrN2O2. The highest BCUT2D eigenvalue weighted by atomic mass is 79.9. The number of aliphatic hydroxyl groups is 2. The van der Waals surface area contributed by atoms with Crippen molar-refractivity contribution in [3.63, 3.8) is 0 Å². The predicted octanol–water partition coefficient (Wildman–Crippen LogP) is 3.20. The topological polar surface area (TPSA) is 58.3 Å². The first-order valence-corrected chi connectivity index (χ1v) is 7.78. The molecule has 108 valence electrons. The van der Waals surface area contributed by atoms with Crippen LogP contribution in [0.1, 0.15) is 64.3 Å². The molecule has 1 aliphatic rings. The second-order valence-electron chi connectivity index (χ2n) is 6.10. The lowest BCUT2D eigenvalue weighted by atomic mass is 9.76. The van der Waals surface area contributed by atoms with Gasteiger partial charge in [-0.2, -0.15) is 5.10 Å². The van der Waals surface area contributed by atoms with E-state index in [-0.39, 0.29) is 6.04 Å². The van der Waals surface area contributed by atoms with Gasteiger partial charge in [-0.25, -0.2) is 0 Å². The maximum absolute atomic E-state index is 10.7. The van der Waals surface area contributed by atoms with Crippen LogP contribution >= 0.6 is 15.9 Å². The number of hydrogen-bond acceptors (Lipinski definition) is 3. The molecule has 0 spiro atoms. The summed E-state index contributed by atoms with van der Waals surface area (Å²) in [5.41, 5.74) is -0.339. The minimum absolute atomic E-state index is 0.155. The smallest absolute Gasteiger partial charge is 0.125 e. The maximum atomic E-state index is 10.7. The van der Waals surface area contributed by atoms with E-state index in [0.29, 0.717) is 24.5 Å². The van der Waals surface area contributed by atoms with Crippen LogP contribution in [-0.4, -0.2) is 25.6 Å². The number of aliphatic hydroxyl groups excluding tert-OH is 1. The number of aromatic nitrogens is 2. The predicted molar refractivity (Wildman–Crippen MR) is 77.9 cm³/mol. The van der Waals surface area contributed by atoms with Crippen LogP contribution < -0.4 is 0 Å². The highest BCUT2D eigenvalue weighted by Gasteiger charge is 2.41. The summed E-state index contributed by atoms with van der Waals surface area (Å²) in [5, 5.41) is 25.7. The maximum Gasteiger partial charge on any atom is 0.125 e. The molecule has 2 N–H and O–H groups in total. The summed E-state index contributed by atoms with van der Waals surface area (Å²) in [5.74, 6) is 0.630. The van der Waals surface area contributed by atoms with E-state index in [4.69, 9.17) is 0 Å². The molecule has 4 nitrogen and oxygen atoms in total. The number of nitrogens with zero attached hydrogens (tertiary/aromatic N) is 2. The van der Waals surface area contributed by atoms with Crippen molar-refractivity contribution in [2.45, 2.75) is 64.2 Å². The molecule has 1 heterocycles. The summed E-state index contributed by atoms with van der Waals surface area (Å²) in [4.78, 5) is 0. The molecule has 0 saturated heterocycles. The van der Waals surface area contributed by atoms with Gasteiger partial charge in [-0.1, -0.05) is 6.92 Å². The van der Waals surface area contributed by atoms with E-state index in [0.717, 1.165) is 17.3 Å². The quantitative estimate of drug-likeness (QED) is 0.894. The Balaban J connectivity index is 2.28. The molecule has 1 atom stereocenters. The van der Waals surface area contributed by atoms with Crippen molar-refractivity contribution >= 4 is 15.9 Å². The summed E-state index contributed by atoms with van der Waals surface area (Å²) in [6, 6.07) is 0.155. The molecular weight excluding hydrogens is 308 g/mol. The van der Waals surface area contributed by atoms with Crippen molar-refractivity contribution in [1.82, 2.24) is 9.78 Å². The highest BCUT2D eigenvalue weighted by Crippen LogP contribution is 2.42. The second kappa shape index (κ2) is 5.54. The third-order valence-electron chi connectivity index (χ3n) is 4.18. The normalized spacial score (nSPS) is 29.7. The number of hydrogen-bond donors (Lipinski definition) is 2. The first kappa shape index (κ1) is 15.0. The average Bonchev–Trinajstić information content (AvgIpc) is 2.74. The van der Waals surface area contributed by atoms with Gasteiger partial charge < -0.3 is 10.2 Å². The summed E-state index contributed by atoms with van der Waals surface area (Å²) < 4.78 is 2.55. The van der Waals surface area contributed by atoms with Crippen molar-refractivity contribution in [3.8, 4) is 0 Å². The average molecular weight is 331 g/mol. The van der Waals surface area contributed by atoms with E-state index in [2.05, 4.69) is 28.0 Å². The van der Waals surface area contributed by atoms with Crippen LogP contribution in [0.4, 0.5) is 0 Å². The lowest BCUT2D eigenvalue weighted by molar-refractivity contribution is -0.109. The van der Waals surface area contributed by atoms with Crippen molar-refractivity contribution in [3.05, 3.63) is 16.4 Å². The lowest BCUT2D eigenvalue weighted by Gasteiger charge is -2.39. The zero-order valence-electron chi connectivity index (χ0n) is 11.8. The molecule has 5 heteroatoms. The molecule has 1 saturated carbocycles. The summed E-state index contributed by atoms with van der Waals surface area (Å²) in [6.45, 7) is 6.23. The van der Waals surface area contributed by atoms with Gasteiger partial charge >= 0.3 is 0 Å². The Labute approximate surface area is 123 Å². The van der Waals surface area contributed by atoms with Gasteiger partial charge in [-0.05, 0) is 61.4 Å². The van der Waals surface area contributed by atoms with Crippen molar-refractivity contribution < 1.29 is 10.2 Å². The molecule has 2 rings (SSSR count). The molecule has 1 aromatic rings. The molecule has 0 radical (unpaired) electrons. The molecule has 0 bridgehead atoms. The van der Waals surface area contributed by atoms with Crippen LogP contribution in [0.2, 0.25) is 0 Å². The fraction of sp³-hybridized carbons (Fsp3) is 0.786.